The summed E-state index contributed by atoms with van der Waals surface area (Å²) in [5.41, 5.74) is 3.56. The average molecular weight is 576 g/mol. The molecule has 5 nitrogen and oxygen atoms in total. The first kappa shape index (κ1) is 30.4. The second-order valence-corrected chi connectivity index (χ2v) is 9.42. The number of aromatic nitrogens is 1. The van der Waals surface area contributed by atoms with E-state index in [9.17, 15) is 18.7 Å². The van der Waals surface area contributed by atoms with E-state index in [1.807, 2.05) is 44.2 Å². The van der Waals surface area contributed by atoms with E-state index in [1.165, 1.54) is 25.3 Å². The maximum atomic E-state index is 15.1. The van der Waals surface area contributed by atoms with Gasteiger partial charge in [0, 0.05) is 35.0 Å². The van der Waals surface area contributed by atoms with E-state index in [1.54, 1.807) is 35.8 Å². The molecule has 0 radical (unpaired) electrons. The summed E-state index contributed by atoms with van der Waals surface area (Å²) in [5.74, 6) is -3.46. The summed E-state index contributed by atoms with van der Waals surface area (Å²) in [6.45, 7) is 5.65. The molecular weight excluding hydrogens is 543 g/mol. The van der Waals surface area contributed by atoms with Gasteiger partial charge in [-0.1, -0.05) is 63.2 Å². The molecular formula is C34H32F3NO4. The minimum absolute atomic E-state index is 0.154. The molecule has 0 aliphatic rings. The van der Waals surface area contributed by atoms with Crippen LogP contribution in [0.15, 0.2) is 84.9 Å². The number of nitrogens with zero attached hydrogens (tertiary/aromatic N) is 1. The normalized spacial score (nSPS) is 11.5. The van der Waals surface area contributed by atoms with Crippen LogP contribution in [0.25, 0.3) is 27.7 Å². The van der Waals surface area contributed by atoms with E-state index in [4.69, 9.17) is 9.47 Å². The lowest BCUT2D eigenvalue weighted by atomic mass is 9.95. The third kappa shape index (κ3) is 6.04. The molecule has 0 saturated heterocycles. The molecule has 1 aromatic heterocycles. The zero-order valence-electron chi connectivity index (χ0n) is 23.8. The van der Waals surface area contributed by atoms with Crippen LogP contribution >= 0.6 is 0 Å². The van der Waals surface area contributed by atoms with Crippen molar-refractivity contribution >= 4 is 16.9 Å². The van der Waals surface area contributed by atoms with Crippen LogP contribution in [-0.2, 0) is 11.3 Å². The van der Waals surface area contributed by atoms with Crippen molar-refractivity contribution in [2.45, 2.75) is 33.3 Å². The maximum Gasteiger partial charge on any atom is 0.337 e. The number of halogens is 3. The minimum Gasteiger partial charge on any atom is -0.488 e. The van der Waals surface area contributed by atoms with Crippen LogP contribution in [0.4, 0.5) is 13.2 Å². The average Bonchev–Trinajstić information content (AvgIpc) is 3.37. The molecule has 5 aromatic rings. The first-order chi connectivity index (χ1) is 20.3. The summed E-state index contributed by atoms with van der Waals surface area (Å²) in [6, 6.07) is 22.0. The third-order valence-corrected chi connectivity index (χ3v) is 6.77. The molecule has 42 heavy (non-hydrogen) atoms. The quantitative estimate of drug-likeness (QED) is 0.190. The SMILES string of the molecule is CC.COC(=O)c1ccc(-c2c(C(C)CO)n(-c3ccc(F)c(F)c3)c3cc(F)cc(OCc4ccccc4)c23)cc1. The second kappa shape index (κ2) is 13.4. The van der Waals surface area contributed by atoms with E-state index >= 15 is 4.39 Å². The van der Waals surface area contributed by atoms with Crippen molar-refractivity contribution in [2.75, 3.05) is 13.7 Å². The van der Waals surface area contributed by atoms with Crippen LogP contribution in [0.1, 0.15) is 48.3 Å². The van der Waals surface area contributed by atoms with E-state index < -0.39 is 29.3 Å². The lowest BCUT2D eigenvalue weighted by molar-refractivity contribution is 0.0600. The summed E-state index contributed by atoms with van der Waals surface area (Å²) in [7, 11) is 1.29. The number of benzene rings is 4. The predicted molar refractivity (Wildman–Crippen MR) is 158 cm³/mol. The van der Waals surface area contributed by atoms with Gasteiger partial charge in [-0.3, -0.25) is 0 Å². The molecule has 1 N–H and O–H groups in total. The standard InChI is InChI=1S/C32H26F3NO4.C2H6/c1-19(17-37)31-29(21-8-10-22(11-9-21)32(38)39-2)30-27(36(31)24-12-13-25(34)26(35)16-24)14-23(33)15-28(30)40-18-20-6-4-3-5-7-20;1-2/h3-16,19,37H,17-18H2,1-2H3;1-2H3. The van der Waals surface area contributed by atoms with Crippen molar-refractivity contribution in [3.05, 3.63) is 119 Å². The Bertz CT molecular complexity index is 1680. The molecule has 218 valence electrons. The van der Waals surface area contributed by atoms with Gasteiger partial charge in [0.1, 0.15) is 18.2 Å². The molecule has 0 aliphatic heterocycles. The highest BCUT2D eigenvalue weighted by Crippen LogP contribution is 2.45. The maximum absolute atomic E-state index is 15.1. The molecule has 8 heteroatoms. The molecule has 1 unspecified atom stereocenters. The first-order valence-electron chi connectivity index (χ1n) is 13.6. The van der Waals surface area contributed by atoms with Gasteiger partial charge in [-0.25, -0.2) is 18.0 Å². The first-order valence-corrected chi connectivity index (χ1v) is 13.6. The van der Waals surface area contributed by atoms with Crippen LogP contribution in [0.5, 0.6) is 5.75 Å². The van der Waals surface area contributed by atoms with Gasteiger partial charge in [-0.15, -0.1) is 0 Å². The number of aliphatic hydroxyl groups excluding tert-OH is 1. The van der Waals surface area contributed by atoms with Crippen molar-refractivity contribution in [1.29, 1.82) is 0 Å². The van der Waals surface area contributed by atoms with Crippen molar-refractivity contribution < 1.29 is 32.5 Å². The van der Waals surface area contributed by atoms with Crippen LogP contribution in [-0.4, -0.2) is 29.4 Å². The van der Waals surface area contributed by atoms with Gasteiger partial charge >= 0.3 is 5.97 Å². The monoisotopic (exact) mass is 575 g/mol. The zero-order valence-corrected chi connectivity index (χ0v) is 23.8. The molecule has 0 spiro atoms. The number of fused-ring (bicyclic) bond motifs is 1. The summed E-state index contributed by atoms with van der Waals surface area (Å²) in [6.07, 6.45) is 0. The lowest BCUT2D eigenvalue weighted by Gasteiger charge is -2.17. The third-order valence-electron chi connectivity index (χ3n) is 6.77. The fraction of sp³-hybridized carbons (Fsp3) is 0.206. The van der Waals surface area contributed by atoms with E-state index in [2.05, 4.69) is 0 Å². The number of rotatable bonds is 8. The Balaban J connectivity index is 0.00000198. The molecule has 1 atom stereocenters. The number of carbonyl (C=O) groups is 1. The molecule has 4 aromatic carbocycles. The molecule has 0 saturated carbocycles. The molecule has 5 rings (SSSR count). The van der Waals surface area contributed by atoms with Crippen LogP contribution in [0.3, 0.4) is 0 Å². The Labute approximate surface area is 242 Å². The Kier molecular flexibility index (Phi) is 9.70. The summed E-state index contributed by atoms with van der Waals surface area (Å²) in [5, 5.41) is 10.8. The van der Waals surface area contributed by atoms with Crippen LogP contribution < -0.4 is 4.74 Å². The van der Waals surface area contributed by atoms with Crippen molar-refractivity contribution in [3.63, 3.8) is 0 Å². The Morgan fingerprint density at radius 2 is 1.60 bits per heavy atom. The molecule has 0 amide bonds. The number of ether oxygens (including phenoxy) is 2. The van der Waals surface area contributed by atoms with E-state index in [0.29, 0.717) is 33.3 Å². The minimum atomic E-state index is -1.07. The second-order valence-electron chi connectivity index (χ2n) is 9.42. The smallest absolute Gasteiger partial charge is 0.337 e. The van der Waals surface area contributed by atoms with E-state index in [-0.39, 0.29) is 24.7 Å². The lowest BCUT2D eigenvalue weighted by Crippen LogP contribution is -2.09. The highest BCUT2D eigenvalue weighted by atomic mass is 19.2. The summed E-state index contributed by atoms with van der Waals surface area (Å²) >= 11 is 0. The van der Waals surface area contributed by atoms with Crippen molar-refractivity contribution in [1.82, 2.24) is 4.57 Å². The number of esters is 1. The Morgan fingerprint density at radius 1 is 0.905 bits per heavy atom. The molecule has 1 heterocycles. The van der Waals surface area contributed by atoms with Gasteiger partial charge in [0.15, 0.2) is 11.6 Å². The fourth-order valence-electron chi connectivity index (χ4n) is 4.85. The van der Waals surface area contributed by atoms with Crippen LogP contribution in [0.2, 0.25) is 0 Å². The van der Waals surface area contributed by atoms with Gasteiger partial charge in [-0.05, 0) is 41.5 Å². The number of hydrogen-bond donors (Lipinski definition) is 1. The van der Waals surface area contributed by atoms with E-state index in [0.717, 1.165) is 17.7 Å². The van der Waals surface area contributed by atoms with Gasteiger partial charge in [0.05, 0.1) is 30.2 Å². The zero-order chi connectivity index (χ0) is 30.4. The predicted octanol–water partition coefficient (Wildman–Crippen LogP) is 8.20. The Morgan fingerprint density at radius 3 is 2.21 bits per heavy atom. The Hall–Kier alpha value is -4.56. The van der Waals surface area contributed by atoms with Gasteiger partial charge in [-0.2, -0.15) is 0 Å². The highest BCUT2D eigenvalue weighted by Gasteiger charge is 2.27. The molecule has 0 bridgehead atoms. The molecule has 0 fully saturated rings. The topological polar surface area (TPSA) is 60.7 Å². The number of aliphatic hydroxyl groups is 1. The number of carbonyl (C=O) groups excluding carboxylic acids is 1. The van der Waals surface area contributed by atoms with Gasteiger partial charge in [0.25, 0.3) is 0 Å². The van der Waals surface area contributed by atoms with Crippen molar-refractivity contribution in [2.24, 2.45) is 0 Å². The summed E-state index contributed by atoms with van der Waals surface area (Å²) in [4.78, 5) is 12.1. The number of hydrogen-bond acceptors (Lipinski definition) is 4. The van der Waals surface area contributed by atoms with Crippen molar-refractivity contribution in [3.8, 4) is 22.6 Å². The fourth-order valence-corrected chi connectivity index (χ4v) is 4.85. The van der Waals surface area contributed by atoms with Gasteiger partial charge < -0.3 is 19.1 Å². The van der Waals surface area contributed by atoms with Gasteiger partial charge in [0.2, 0.25) is 0 Å². The molecule has 0 aliphatic carbocycles. The highest BCUT2D eigenvalue weighted by molar-refractivity contribution is 6.04. The largest absolute Gasteiger partial charge is 0.488 e. The van der Waals surface area contributed by atoms with Crippen LogP contribution in [0, 0.1) is 17.5 Å². The summed E-state index contributed by atoms with van der Waals surface area (Å²) < 4.78 is 56.1. The number of methoxy groups -OCH3 is 1.